The summed E-state index contributed by atoms with van der Waals surface area (Å²) in [6.45, 7) is 6.07. The Morgan fingerprint density at radius 2 is 2.00 bits per heavy atom. The van der Waals surface area contributed by atoms with E-state index in [-0.39, 0.29) is 31.0 Å². The zero-order valence-corrected chi connectivity index (χ0v) is 16.8. The number of hydrogen-bond acceptors (Lipinski definition) is 7. The zero-order chi connectivity index (χ0) is 20.6. The third kappa shape index (κ3) is 3.21. The number of carbonyl (C=O) groups is 2. The van der Waals surface area contributed by atoms with E-state index in [9.17, 15) is 9.59 Å². The van der Waals surface area contributed by atoms with E-state index < -0.39 is 5.54 Å². The van der Waals surface area contributed by atoms with E-state index in [0.717, 1.165) is 11.2 Å². The van der Waals surface area contributed by atoms with Gasteiger partial charge in [0.15, 0.2) is 5.65 Å². The smallest absolute Gasteiger partial charge is 0.327 e. The van der Waals surface area contributed by atoms with Gasteiger partial charge in [0.05, 0.1) is 11.6 Å². The van der Waals surface area contributed by atoms with Crippen molar-refractivity contribution in [2.45, 2.75) is 38.6 Å². The number of fused-ring (bicyclic) bond motifs is 1. The summed E-state index contributed by atoms with van der Waals surface area (Å²) >= 11 is 0. The molecule has 0 saturated carbocycles. The molecule has 0 radical (unpaired) electrons. The fourth-order valence-electron chi connectivity index (χ4n) is 4.40. The molecule has 156 valence electrons. The van der Waals surface area contributed by atoms with E-state index in [1.165, 1.54) is 11.2 Å². The van der Waals surface area contributed by atoms with Gasteiger partial charge in [0, 0.05) is 32.8 Å². The Balaban J connectivity index is 1.59. The number of urea groups is 1. The highest BCUT2D eigenvalue weighted by Crippen LogP contribution is 2.39. The first kappa shape index (κ1) is 19.6. The molecule has 1 spiro atoms. The quantitative estimate of drug-likeness (QED) is 0.693. The van der Waals surface area contributed by atoms with Crippen LogP contribution in [0.15, 0.2) is 12.5 Å². The van der Waals surface area contributed by atoms with Gasteiger partial charge in [0.1, 0.15) is 17.7 Å². The first-order valence-corrected chi connectivity index (χ1v) is 10.1. The van der Waals surface area contributed by atoms with E-state index in [0.29, 0.717) is 44.5 Å². The van der Waals surface area contributed by atoms with Crippen LogP contribution >= 0.6 is 0 Å². The summed E-state index contributed by atoms with van der Waals surface area (Å²) in [4.78, 5) is 40.2. The lowest BCUT2D eigenvalue weighted by Gasteiger charge is -2.43. The van der Waals surface area contributed by atoms with Crippen LogP contribution in [0.4, 0.5) is 10.6 Å². The van der Waals surface area contributed by atoms with Gasteiger partial charge in [0.2, 0.25) is 0 Å². The lowest BCUT2D eigenvalue weighted by molar-refractivity contribution is -0.134. The van der Waals surface area contributed by atoms with Crippen molar-refractivity contribution in [2.24, 2.45) is 5.92 Å². The van der Waals surface area contributed by atoms with Crippen LogP contribution in [-0.2, 0) is 4.79 Å². The van der Waals surface area contributed by atoms with Crippen LogP contribution in [0.2, 0.25) is 0 Å². The minimum absolute atomic E-state index is 0.0452. The van der Waals surface area contributed by atoms with Crippen LogP contribution in [0.3, 0.4) is 0 Å². The van der Waals surface area contributed by atoms with Crippen LogP contribution in [0, 0.1) is 5.92 Å². The summed E-state index contributed by atoms with van der Waals surface area (Å²) in [5, 5.41) is 16.9. The second-order valence-corrected chi connectivity index (χ2v) is 8.17. The third-order valence-corrected chi connectivity index (χ3v) is 5.83. The highest BCUT2D eigenvalue weighted by Gasteiger charge is 2.57. The summed E-state index contributed by atoms with van der Waals surface area (Å²) in [6, 6.07) is -0.232. The van der Waals surface area contributed by atoms with E-state index in [1.807, 2.05) is 13.8 Å². The number of nitrogens with zero attached hydrogens (tertiary/aromatic N) is 6. The van der Waals surface area contributed by atoms with Gasteiger partial charge in [-0.15, -0.1) is 0 Å². The number of aromatic nitrogens is 4. The monoisotopic (exact) mass is 401 g/mol. The van der Waals surface area contributed by atoms with Crippen LogP contribution in [-0.4, -0.2) is 85.3 Å². The molecule has 0 aliphatic carbocycles. The Kier molecular flexibility index (Phi) is 5.12. The van der Waals surface area contributed by atoms with Crippen molar-refractivity contribution in [1.82, 2.24) is 30.0 Å². The molecule has 0 bridgehead atoms. The summed E-state index contributed by atoms with van der Waals surface area (Å²) in [5.74, 6) is 0.919. The number of anilines is 1. The van der Waals surface area contributed by atoms with E-state index in [4.69, 9.17) is 5.11 Å². The van der Waals surface area contributed by atoms with Gasteiger partial charge in [-0.25, -0.2) is 14.8 Å². The number of aliphatic hydroxyl groups is 1. The molecule has 0 aromatic carbocycles. The number of aliphatic hydroxyl groups excluding tert-OH is 1. The first-order valence-electron chi connectivity index (χ1n) is 10.1. The average molecular weight is 401 g/mol. The molecule has 2 aromatic heterocycles. The molecule has 3 amide bonds. The second-order valence-electron chi connectivity index (χ2n) is 8.17. The van der Waals surface area contributed by atoms with Crippen molar-refractivity contribution in [3.63, 3.8) is 0 Å². The SMILES string of the molecule is CC(C)CN1C(=O)N(CCCO)C(=O)C12CCN(c1ncnc3[nH]ncc13)CC2. The van der Waals surface area contributed by atoms with Gasteiger partial charge in [0.25, 0.3) is 5.91 Å². The number of imide groups is 1. The molecule has 2 aliphatic heterocycles. The Bertz CT molecular complexity index is 904. The third-order valence-electron chi connectivity index (χ3n) is 5.83. The van der Waals surface area contributed by atoms with Gasteiger partial charge in [-0.3, -0.25) is 14.8 Å². The summed E-state index contributed by atoms with van der Waals surface area (Å²) < 4.78 is 0. The van der Waals surface area contributed by atoms with Crippen LogP contribution < -0.4 is 4.90 Å². The van der Waals surface area contributed by atoms with Crippen molar-refractivity contribution < 1.29 is 14.7 Å². The van der Waals surface area contributed by atoms with Crippen LogP contribution in [0.25, 0.3) is 11.0 Å². The molecule has 10 nitrogen and oxygen atoms in total. The lowest BCUT2D eigenvalue weighted by atomic mass is 9.85. The van der Waals surface area contributed by atoms with Crippen LogP contribution in [0.5, 0.6) is 0 Å². The molecular formula is C19H27N7O3. The van der Waals surface area contributed by atoms with Gasteiger partial charge in [-0.1, -0.05) is 13.8 Å². The molecule has 4 heterocycles. The molecule has 2 fully saturated rings. The minimum atomic E-state index is -0.810. The fraction of sp³-hybridized carbons (Fsp3) is 0.632. The number of carbonyl (C=O) groups excluding carboxylic acids is 2. The molecule has 2 aromatic rings. The normalized spacial score (nSPS) is 19.4. The average Bonchev–Trinajstić information content (AvgIpc) is 3.26. The predicted molar refractivity (Wildman–Crippen MR) is 106 cm³/mol. The molecule has 2 saturated heterocycles. The Morgan fingerprint density at radius 3 is 2.69 bits per heavy atom. The Hall–Kier alpha value is -2.75. The molecule has 2 aliphatic rings. The second kappa shape index (κ2) is 7.58. The number of piperidine rings is 1. The van der Waals surface area contributed by atoms with E-state index in [1.54, 1.807) is 11.1 Å². The van der Waals surface area contributed by atoms with Gasteiger partial charge < -0.3 is 14.9 Å². The zero-order valence-electron chi connectivity index (χ0n) is 16.8. The number of rotatable bonds is 6. The maximum Gasteiger partial charge on any atom is 0.327 e. The summed E-state index contributed by atoms with van der Waals surface area (Å²) in [7, 11) is 0. The molecule has 2 N–H and O–H groups in total. The number of amides is 3. The fourth-order valence-corrected chi connectivity index (χ4v) is 4.40. The van der Waals surface area contributed by atoms with Gasteiger partial charge >= 0.3 is 6.03 Å². The van der Waals surface area contributed by atoms with Crippen molar-refractivity contribution >= 4 is 28.8 Å². The van der Waals surface area contributed by atoms with Gasteiger partial charge in [-0.2, -0.15) is 5.10 Å². The molecule has 29 heavy (non-hydrogen) atoms. The van der Waals surface area contributed by atoms with E-state index in [2.05, 4.69) is 25.1 Å². The number of hydrogen-bond donors (Lipinski definition) is 2. The van der Waals surface area contributed by atoms with E-state index >= 15 is 0 Å². The largest absolute Gasteiger partial charge is 0.396 e. The first-order chi connectivity index (χ1) is 14.0. The van der Waals surface area contributed by atoms with Crippen molar-refractivity contribution in [3.8, 4) is 0 Å². The standard InChI is InChI=1S/C19H27N7O3/c1-13(2)11-26-18(29)25(6-3-9-27)17(28)19(26)4-7-24(8-5-19)16-14-10-22-23-15(14)20-12-21-16/h10,12-13,27H,3-9,11H2,1-2H3,(H,20,21,22,23). The number of nitrogens with one attached hydrogen (secondary N) is 1. The molecule has 4 rings (SSSR count). The van der Waals surface area contributed by atoms with Crippen molar-refractivity contribution in [3.05, 3.63) is 12.5 Å². The number of aromatic amines is 1. The predicted octanol–water partition coefficient (Wildman–Crippen LogP) is 0.994. The van der Waals surface area contributed by atoms with Crippen molar-refractivity contribution in [2.75, 3.05) is 37.7 Å². The van der Waals surface area contributed by atoms with Gasteiger partial charge in [-0.05, 0) is 25.2 Å². The summed E-state index contributed by atoms with van der Waals surface area (Å²) in [5.41, 5.74) is -0.130. The van der Waals surface area contributed by atoms with Crippen molar-refractivity contribution in [1.29, 1.82) is 0 Å². The highest BCUT2D eigenvalue weighted by molar-refractivity contribution is 6.07. The molecule has 0 atom stereocenters. The lowest BCUT2D eigenvalue weighted by Crippen LogP contribution is -2.57. The molecule has 10 heteroatoms. The summed E-state index contributed by atoms with van der Waals surface area (Å²) in [6.07, 6.45) is 4.70. The topological polar surface area (TPSA) is 119 Å². The Labute approximate surface area is 168 Å². The maximum absolute atomic E-state index is 13.3. The molecular weight excluding hydrogens is 374 g/mol. The molecule has 0 unspecified atom stereocenters. The Morgan fingerprint density at radius 1 is 1.24 bits per heavy atom. The van der Waals surface area contributed by atoms with Crippen LogP contribution in [0.1, 0.15) is 33.1 Å². The maximum atomic E-state index is 13.3. The number of H-pyrrole nitrogens is 1. The minimum Gasteiger partial charge on any atom is -0.396 e. The highest BCUT2D eigenvalue weighted by atomic mass is 16.3.